The Kier molecular flexibility index (Phi) is 2.42. The van der Waals surface area contributed by atoms with E-state index in [1.807, 2.05) is 0 Å². The van der Waals surface area contributed by atoms with E-state index in [-0.39, 0.29) is 6.54 Å². The molecule has 0 amide bonds. The molecule has 1 N–H and O–H groups in total. The van der Waals surface area contributed by atoms with Crippen molar-refractivity contribution in [1.29, 1.82) is 0 Å². The highest BCUT2D eigenvalue weighted by atomic mass is 32.2. The maximum absolute atomic E-state index is 10.1. The van der Waals surface area contributed by atoms with E-state index in [2.05, 4.69) is 15.4 Å². The Hall–Kier alpha value is -1.11. The predicted molar refractivity (Wildman–Crippen MR) is 37.2 cm³/mol. The van der Waals surface area contributed by atoms with Gasteiger partial charge >= 0.3 is 5.97 Å². The second-order valence-electron chi connectivity index (χ2n) is 1.70. The Labute approximate surface area is 66.6 Å². The summed E-state index contributed by atoms with van der Waals surface area (Å²) in [6.45, 7) is -0.243. The van der Waals surface area contributed by atoms with Crippen LogP contribution in [0.4, 0.5) is 0 Å². The average Bonchev–Trinajstić information content (AvgIpc) is 2.34. The number of aromatic nitrogens is 4. The monoisotopic (exact) mass is 174 g/mol. The van der Waals surface area contributed by atoms with Gasteiger partial charge in [-0.25, -0.2) is 0 Å². The Morgan fingerprint density at radius 1 is 1.82 bits per heavy atom. The number of nitrogens with zero attached hydrogens (tertiary/aromatic N) is 4. The Balaban J connectivity index is 2.65. The maximum atomic E-state index is 10.1. The van der Waals surface area contributed by atoms with Gasteiger partial charge < -0.3 is 5.11 Å². The molecule has 0 spiro atoms. The minimum absolute atomic E-state index is 0.243. The topological polar surface area (TPSA) is 80.9 Å². The highest BCUT2D eigenvalue weighted by Gasteiger charge is 2.03. The largest absolute Gasteiger partial charge is 0.480 e. The summed E-state index contributed by atoms with van der Waals surface area (Å²) < 4.78 is 0. The van der Waals surface area contributed by atoms with Gasteiger partial charge in [-0.3, -0.25) is 4.79 Å². The van der Waals surface area contributed by atoms with Gasteiger partial charge in [-0.1, -0.05) is 11.8 Å². The summed E-state index contributed by atoms with van der Waals surface area (Å²) >= 11 is 1.32. The first-order valence-electron chi connectivity index (χ1n) is 2.76. The molecule has 0 unspecified atom stereocenters. The molecule has 0 radical (unpaired) electrons. The number of aliphatic carboxylic acids is 1. The van der Waals surface area contributed by atoms with Gasteiger partial charge in [0, 0.05) is 0 Å². The molecule has 1 aromatic rings. The number of hydrogen-bond acceptors (Lipinski definition) is 5. The van der Waals surface area contributed by atoms with Crippen molar-refractivity contribution in [2.45, 2.75) is 11.7 Å². The molecule has 0 aliphatic rings. The van der Waals surface area contributed by atoms with Crippen LogP contribution in [0, 0.1) is 0 Å². The van der Waals surface area contributed by atoms with Gasteiger partial charge in [-0.05, 0) is 11.5 Å². The first kappa shape index (κ1) is 7.99. The molecule has 60 valence electrons. The van der Waals surface area contributed by atoms with Crippen molar-refractivity contribution < 1.29 is 9.90 Å². The molecule has 0 bridgehead atoms. The molecule has 1 heterocycles. The van der Waals surface area contributed by atoms with Crippen LogP contribution in [0.15, 0.2) is 5.16 Å². The van der Waals surface area contributed by atoms with Crippen molar-refractivity contribution in [2.75, 3.05) is 6.26 Å². The van der Waals surface area contributed by atoms with E-state index >= 15 is 0 Å². The molecule has 0 saturated heterocycles. The molecule has 0 fully saturated rings. The number of tetrazole rings is 1. The third kappa shape index (κ3) is 2.19. The van der Waals surface area contributed by atoms with E-state index in [4.69, 9.17) is 5.11 Å². The minimum atomic E-state index is -0.977. The molecule has 0 saturated carbocycles. The van der Waals surface area contributed by atoms with Gasteiger partial charge in [-0.15, -0.1) is 10.2 Å². The number of hydrogen-bond donors (Lipinski definition) is 1. The summed E-state index contributed by atoms with van der Waals surface area (Å²) in [6.07, 6.45) is 1.79. The van der Waals surface area contributed by atoms with Gasteiger partial charge in [0.2, 0.25) is 5.16 Å². The van der Waals surface area contributed by atoms with Crippen molar-refractivity contribution in [3.63, 3.8) is 0 Å². The zero-order valence-corrected chi connectivity index (χ0v) is 6.58. The standard InChI is InChI=1S/C4H6N4O2S/c1-11-4-5-7-8(6-4)2-3(9)10/h2H2,1H3,(H,9,10). The first-order valence-corrected chi connectivity index (χ1v) is 3.98. The van der Waals surface area contributed by atoms with Crippen LogP contribution >= 0.6 is 11.8 Å². The number of carboxylic acids is 1. The molecule has 0 aliphatic heterocycles. The van der Waals surface area contributed by atoms with E-state index < -0.39 is 5.97 Å². The van der Waals surface area contributed by atoms with Crippen LogP contribution in [0.5, 0.6) is 0 Å². The normalized spacial score (nSPS) is 9.91. The summed E-state index contributed by atoms with van der Waals surface area (Å²) in [5, 5.41) is 19.6. The average molecular weight is 174 g/mol. The van der Waals surface area contributed by atoms with Crippen molar-refractivity contribution in [1.82, 2.24) is 20.2 Å². The molecular weight excluding hydrogens is 168 g/mol. The van der Waals surface area contributed by atoms with Crippen LogP contribution in [0.3, 0.4) is 0 Å². The van der Waals surface area contributed by atoms with Crippen LogP contribution < -0.4 is 0 Å². The maximum Gasteiger partial charge on any atom is 0.327 e. The number of carboxylic acid groups (broad SMARTS) is 1. The third-order valence-corrected chi connectivity index (χ3v) is 1.42. The summed E-state index contributed by atoms with van der Waals surface area (Å²) in [7, 11) is 0. The van der Waals surface area contributed by atoms with Crippen LogP contribution in [0.25, 0.3) is 0 Å². The Morgan fingerprint density at radius 2 is 2.55 bits per heavy atom. The van der Waals surface area contributed by atoms with Crippen LogP contribution in [0.2, 0.25) is 0 Å². The van der Waals surface area contributed by atoms with Gasteiger partial charge in [0.1, 0.15) is 0 Å². The summed E-state index contributed by atoms with van der Waals surface area (Å²) in [6, 6.07) is 0. The van der Waals surface area contributed by atoms with Gasteiger partial charge in [0.25, 0.3) is 0 Å². The zero-order chi connectivity index (χ0) is 8.27. The van der Waals surface area contributed by atoms with Gasteiger partial charge in [-0.2, -0.15) is 4.80 Å². The van der Waals surface area contributed by atoms with Crippen molar-refractivity contribution in [2.24, 2.45) is 0 Å². The first-order chi connectivity index (χ1) is 5.22. The molecule has 1 rings (SSSR count). The third-order valence-electron chi connectivity index (χ3n) is 0.894. The van der Waals surface area contributed by atoms with E-state index in [0.717, 1.165) is 4.80 Å². The fourth-order valence-corrected chi connectivity index (χ4v) is 0.792. The van der Waals surface area contributed by atoms with Crippen LogP contribution in [-0.4, -0.2) is 37.5 Å². The molecule has 1 aromatic heterocycles. The lowest BCUT2D eigenvalue weighted by Crippen LogP contribution is -2.11. The minimum Gasteiger partial charge on any atom is -0.480 e. The Bertz CT molecular complexity index is 260. The van der Waals surface area contributed by atoms with Crippen molar-refractivity contribution in [3.05, 3.63) is 0 Å². The fourth-order valence-electron chi connectivity index (χ4n) is 0.498. The predicted octanol–water partition coefficient (Wildman–Crippen LogP) is -0.520. The van der Waals surface area contributed by atoms with Crippen molar-refractivity contribution >= 4 is 17.7 Å². The van der Waals surface area contributed by atoms with E-state index in [1.54, 1.807) is 6.26 Å². The Morgan fingerprint density at radius 3 is 3.00 bits per heavy atom. The lowest BCUT2D eigenvalue weighted by atomic mass is 10.7. The smallest absolute Gasteiger partial charge is 0.327 e. The van der Waals surface area contributed by atoms with Crippen LogP contribution in [-0.2, 0) is 11.3 Å². The molecular formula is C4H6N4O2S. The second-order valence-corrected chi connectivity index (χ2v) is 2.47. The summed E-state index contributed by atoms with van der Waals surface area (Å²) in [4.78, 5) is 11.2. The highest BCUT2D eigenvalue weighted by molar-refractivity contribution is 7.98. The molecule has 6 nitrogen and oxygen atoms in total. The fraction of sp³-hybridized carbons (Fsp3) is 0.500. The molecule has 0 aromatic carbocycles. The van der Waals surface area contributed by atoms with E-state index in [0.29, 0.717) is 5.16 Å². The molecule has 0 aliphatic carbocycles. The lowest BCUT2D eigenvalue weighted by Gasteiger charge is -1.88. The number of thioether (sulfide) groups is 1. The van der Waals surface area contributed by atoms with Crippen LogP contribution in [0.1, 0.15) is 0 Å². The number of carbonyl (C=O) groups is 1. The molecule has 0 atom stereocenters. The SMILES string of the molecule is CSc1nnn(CC(=O)O)n1. The quantitative estimate of drug-likeness (QED) is 0.621. The highest BCUT2D eigenvalue weighted by Crippen LogP contribution is 2.03. The summed E-state index contributed by atoms with van der Waals surface area (Å²) in [5.41, 5.74) is 0. The molecule has 7 heteroatoms. The van der Waals surface area contributed by atoms with E-state index in [9.17, 15) is 4.79 Å². The second kappa shape index (κ2) is 3.33. The lowest BCUT2D eigenvalue weighted by molar-refractivity contribution is -0.138. The van der Waals surface area contributed by atoms with Gasteiger partial charge in [0.05, 0.1) is 0 Å². The number of rotatable bonds is 3. The van der Waals surface area contributed by atoms with Gasteiger partial charge in [0.15, 0.2) is 6.54 Å². The zero-order valence-electron chi connectivity index (χ0n) is 5.76. The molecule has 11 heavy (non-hydrogen) atoms. The van der Waals surface area contributed by atoms with Crippen molar-refractivity contribution in [3.8, 4) is 0 Å². The summed E-state index contributed by atoms with van der Waals surface area (Å²) in [5.74, 6) is -0.977. The van der Waals surface area contributed by atoms with E-state index in [1.165, 1.54) is 11.8 Å².